The number of thioether (sulfide) groups is 1. The number of rotatable bonds is 6. The molecule has 24 heavy (non-hydrogen) atoms. The van der Waals surface area contributed by atoms with E-state index >= 15 is 0 Å². The minimum absolute atomic E-state index is 0.167. The number of guanidine groups is 1. The second-order valence-corrected chi connectivity index (χ2v) is 9.76. The van der Waals surface area contributed by atoms with E-state index in [1.807, 2.05) is 11.8 Å². The molecule has 5 nitrogen and oxygen atoms in total. The van der Waals surface area contributed by atoms with Crippen LogP contribution in [0.1, 0.15) is 19.8 Å². The molecule has 1 unspecified atom stereocenters. The number of aliphatic imine (C=N–C) groups is 1. The summed E-state index contributed by atoms with van der Waals surface area (Å²) in [7, 11) is -2.02. The summed E-state index contributed by atoms with van der Waals surface area (Å²) in [5.41, 5.74) is 0. The highest BCUT2D eigenvalue weighted by atomic mass is 32.2. The number of benzene rings is 1. The van der Waals surface area contributed by atoms with E-state index in [9.17, 15) is 12.8 Å². The normalized spacial score (nSPS) is 21.7. The number of hydrogen-bond donors (Lipinski definition) is 2. The largest absolute Gasteiger partial charge is 0.355 e. The van der Waals surface area contributed by atoms with Crippen molar-refractivity contribution in [2.45, 2.75) is 29.4 Å². The van der Waals surface area contributed by atoms with Crippen molar-refractivity contribution in [3.05, 3.63) is 30.1 Å². The van der Waals surface area contributed by atoms with Crippen molar-refractivity contribution in [1.82, 2.24) is 10.6 Å². The number of nitrogens with zero attached hydrogens (tertiary/aromatic N) is 1. The van der Waals surface area contributed by atoms with E-state index in [1.54, 1.807) is 7.05 Å². The summed E-state index contributed by atoms with van der Waals surface area (Å²) in [6.45, 7) is 3.16. The van der Waals surface area contributed by atoms with Crippen molar-refractivity contribution in [2.75, 3.05) is 31.6 Å². The minimum Gasteiger partial charge on any atom is -0.355 e. The zero-order valence-corrected chi connectivity index (χ0v) is 15.6. The van der Waals surface area contributed by atoms with Crippen molar-refractivity contribution in [3.8, 4) is 0 Å². The molecular formula is C16H24FN3O2S2. The maximum atomic E-state index is 13.6. The number of hydrogen-bond acceptors (Lipinski definition) is 4. The van der Waals surface area contributed by atoms with Gasteiger partial charge < -0.3 is 10.6 Å². The minimum atomic E-state index is -3.66. The average molecular weight is 374 g/mol. The quantitative estimate of drug-likeness (QED) is 0.590. The summed E-state index contributed by atoms with van der Waals surface area (Å²) < 4.78 is 38.2. The molecule has 1 fully saturated rings. The predicted octanol–water partition coefficient (Wildman–Crippen LogP) is 2.05. The summed E-state index contributed by atoms with van der Waals surface area (Å²) in [6, 6.07) is 5.43. The molecule has 1 aliphatic rings. The topological polar surface area (TPSA) is 70.6 Å². The van der Waals surface area contributed by atoms with Gasteiger partial charge in [-0.25, -0.2) is 12.8 Å². The molecule has 2 N–H and O–H groups in total. The third-order valence-electron chi connectivity index (χ3n) is 3.99. The lowest BCUT2D eigenvalue weighted by molar-refractivity contribution is 0.565. The molecule has 134 valence electrons. The van der Waals surface area contributed by atoms with Gasteiger partial charge in [0.25, 0.3) is 0 Å². The monoisotopic (exact) mass is 373 g/mol. The number of sulfone groups is 1. The van der Waals surface area contributed by atoms with Crippen LogP contribution in [0.25, 0.3) is 0 Å². The highest BCUT2D eigenvalue weighted by Crippen LogP contribution is 2.36. The van der Waals surface area contributed by atoms with E-state index in [0.717, 1.165) is 19.0 Å². The average Bonchev–Trinajstić information content (AvgIpc) is 2.98. The molecular weight excluding hydrogens is 349 g/mol. The Bertz CT molecular complexity index is 686. The third kappa shape index (κ3) is 5.11. The Morgan fingerprint density at radius 2 is 2.12 bits per heavy atom. The molecule has 1 aromatic carbocycles. The van der Waals surface area contributed by atoms with Gasteiger partial charge in [0.1, 0.15) is 10.7 Å². The SMILES string of the molecule is CN=C(NCCS(=O)(=O)c1ccccc1F)NCC1(C)CCCS1. The fraction of sp³-hybridized carbons (Fsp3) is 0.562. The lowest BCUT2D eigenvalue weighted by Crippen LogP contribution is -2.44. The maximum Gasteiger partial charge on any atom is 0.191 e. The first-order valence-electron chi connectivity index (χ1n) is 7.92. The van der Waals surface area contributed by atoms with Crippen LogP contribution in [0, 0.1) is 5.82 Å². The molecule has 0 aromatic heterocycles. The third-order valence-corrected chi connectivity index (χ3v) is 7.27. The first kappa shape index (κ1) is 19.1. The molecule has 0 radical (unpaired) electrons. The lowest BCUT2D eigenvalue weighted by Gasteiger charge is -2.24. The van der Waals surface area contributed by atoms with Crippen LogP contribution in [0.3, 0.4) is 0 Å². The molecule has 1 aliphatic heterocycles. The number of halogens is 1. The summed E-state index contributed by atoms with van der Waals surface area (Å²) in [5, 5.41) is 6.22. The van der Waals surface area contributed by atoms with Gasteiger partial charge in [0, 0.05) is 24.9 Å². The van der Waals surface area contributed by atoms with Gasteiger partial charge in [-0.1, -0.05) is 12.1 Å². The molecule has 1 saturated heterocycles. The zero-order valence-electron chi connectivity index (χ0n) is 14.0. The second-order valence-electron chi connectivity index (χ2n) is 6.00. The Balaban J connectivity index is 1.84. The van der Waals surface area contributed by atoms with E-state index in [4.69, 9.17) is 0 Å². The smallest absolute Gasteiger partial charge is 0.191 e. The van der Waals surface area contributed by atoms with E-state index in [2.05, 4.69) is 22.5 Å². The van der Waals surface area contributed by atoms with E-state index in [-0.39, 0.29) is 21.9 Å². The highest BCUT2D eigenvalue weighted by Gasteiger charge is 2.29. The molecule has 8 heteroatoms. The Hall–Kier alpha value is -1.28. The van der Waals surface area contributed by atoms with Crippen molar-refractivity contribution in [2.24, 2.45) is 4.99 Å². The van der Waals surface area contributed by atoms with Crippen molar-refractivity contribution >= 4 is 27.6 Å². The van der Waals surface area contributed by atoms with Crippen LogP contribution in [-0.4, -0.2) is 50.8 Å². The van der Waals surface area contributed by atoms with Crippen LogP contribution in [0.4, 0.5) is 4.39 Å². The van der Waals surface area contributed by atoms with Gasteiger partial charge >= 0.3 is 0 Å². The molecule has 0 saturated carbocycles. The van der Waals surface area contributed by atoms with Gasteiger partial charge in [-0.15, -0.1) is 0 Å². The Morgan fingerprint density at radius 1 is 1.38 bits per heavy atom. The molecule has 0 spiro atoms. The molecule has 1 atom stereocenters. The standard InChI is InChI=1S/C16H24FN3O2S2/c1-16(8-5-10-23-16)12-20-15(18-2)19-9-11-24(21,22)14-7-4-3-6-13(14)17/h3-4,6-7H,5,8-12H2,1-2H3,(H2,18,19,20). The molecule has 0 bridgehead atoms. The van der Waals surface area contributed by atoms with E-state index in [1.165, 1.54) is 30.4 Å². The van der Waals surface area contributed by atoms with E-state index < -0.39 is 15.7 Å². The van der Waals surface area contributed by atoms with Gasteiger partial charge in [-0.05, 0) is 37.7 Å². The highest BCUT2D eigenvalue weighted by molar-refractivity contribution is 8.00. The van der Waals surface area contributed by atoms with Crippen molar-refractivity contribution < 1.29 is 12.8 Å². The number of nitrogens with one attached hydrogen (secondary N) is 2. The van der Waals surface area contributed by atoms with Gasteiger partial charge in [-0.3, -0.25) is 4.99 Å². The fourth-order valence-corrected chi connectivity index (χ4v) is 5.06. The first-order chi connectivity index (χ1) is 11.4. The predicted molar refractivity (Wildman–Crippen MR) is 97.9 cm³/mol. The molecule has 1 aromatic rings. The van der Waals surface area contributed by atoms with Gasteiger partial charge in [0.2, 0.25) is 0 Å². The van der Waals surface area contributed by atoms with Gasteiger partial charge in [0.15, 0.2) is 15.8 Å². The fourth-order valence-electron chi connectivity index (χ4n) is 2.58. The molecule has 0 amide bonds. The van der Waals surface area contributed by atoms with Gasteiger partial charge in [0.05, 0.1) is 5.75 Å². The Labute approximate surface area is 147 Å². The lowest BCUT2D eigenvalue weighted by atomic mass is 10.1. The summed E-state index contributed by atoms with van der Waals surface area (Å²) in [6.07, 6.45) is 2.37. The van der Waals surface area contributed by atoms with Crippen LogP contribution in [0.5, 0.6) is 0 Å². The van der Waals surface area contributed by atoms with Crippen molar-refractivity contribution in [3.63, 3.8) is 0 Å². The van der Waals surface area contributed by atoms with Crippen LogP contribution >= 0.6 is 11.8 Å². The maximum absolute atomic E-state index is 13.6. The van der Waals surface area contributed by atoms with Crippen LogP contribution < -0.4 is 10.6 Å². The van der Waals surface area contributed by atoms with Gasteiger partial charge in [-0.2, -0.15) is 11.8 Å². The van der Waals surface area contributed by atoms with Crippen molar-refractivity contribution in [1.29, 1.82) is 0 Å². The van der Waals surface area contributed by atoms with Crippen LogP contribution in [-0.2, 0) is 9.84 Å². The summed E-state index contributed by atoms with van der Waals surface area (Å²) in [4.78, 5) is 3.85. The Morgan fingerprint density at radius 3 is 2.75 bits per heavy atom. The molecule has 2 rings (SSSR count). The van der Waals surface area contributed by atoms with E-state index in [0.29, 0.717) is 5.96 Å². The summed E-state index contributed by atoms with van der Waals surface area (Å²) >= 11 is 1.94. The second kappa shape index (κ2) is 8.20. The van der Waals surface area contributed by atoms with Crippen LogP contribution in [0.15, 0.2) is 34.2 Å². The Kier molecular flexibility index (Phi) is 6.51. The van der Waals surface area contributed by atoms with Crippen LogP contribution in [0.2, 0.25) is 0 Å². The first-order valence-corrected chi connectivity index (χ1v) is 10.6. The summed E-state index contributed by atoms with van der Waals surface area (Å²) in [5.74, 6) is 0.824. The zero-order chi connectivity index (χ0) is 17.6. The molecule has 1 heterocycles. The molecule has 0 aliphatic carbocycles.